The van der Waals surface area contributed by atoms with Crippen LogP contribution in [0.3, 0.4) is 0 Å². The average molecular weight is 571 g/mol. The third-order valence-corrected chi connectivity index (χ3v) is 8.56. The van der Waals surface area contributed by atoms with Gasteiger partial charge in [-0.1, -0.05) is 48.1 Å². The molecule has 2 aromatic carbocycles. The van der Waals surface area contributed by atoms with Crippen molar-refractivity contribution in [3.8, 4) is 10.4 Å². The van der Waals surface area contributed by atoms with Crippen LogP contribution in [0.25, 0.3) is 10.4 Å². The number of amides is 2. The second-order valence-electron chi connectivity index (χ2n) is 8.86. The van der Waals surface area contributed by atoms with E-state index in [0.717, 1.165) is 15.3 Å². The second-order valence-corrected chi connectivity index (χ2v) is 11.2. The Morgan fingerprint density at radius 1 is 1.13 bits per heavy atom. The molecule has 11 heteroatoms. The molecule has 1 N–H and O–H groups in total. The maximum Gasteiger partial charge on any atom is 0.255 e. The van der Waals surface area contributed by atoms with Crippen molar-refractivity contribution in [2.24, 2.45) is 5.92 Å². The Morgan fingerprint density at radius 2 is 1.95 bits per heavy atom. The van der Waals surface area contributed by atoms with E-state index in [1.165, 1.54) is 34.8 Å². The van der Waals surface area contributed by atoms with Crippen LogP contribution in [0.5, 0.6) is 0 Å². The van der Waals surface area contributed by atoms with Crippen LogP contribution in [-0.2, 0) is 9.53 Å². The first kappa shape index (κ1) is 26.4. The lowest BCUT2D eigenvalue weighted by atomic mass is 9.85. The number of anilines is 1. The van der Waals surface area contributed by atoms with E-state index in [-0.39, 0.29) is 17.6 Å². The minimum Gasteiger partial charge on any atom is -0.378 e. The predicted octanol–water partition coefficient (Wildman–Crippen LogP) is 5.94. The number of halogens is 2. The fraction of sp³-hybridized carbons (Fsp3) is 0.259. The highest BCUT2D eigenvalue weighted by Crippen LogP contribution is 2.40. The third-order valence-electron chi connectivity index (χ3n) is 6.43. The molecule has 0 aliphatic carbocycles. The number of morpholine rings is 1. The van der Waals surface area contributed by atoms with Gasteiger partial charge in [0.25, 0.3) is 5.91 Å². The lowest BCUT2D eigenvalue weighted by Crippen LogP contribution is -2.40. The van der Waals surface area contributed by atoms with E-state index in [1.807, 2.05) is 31.2 Å². The molecule has 0 spiro atoms. The Morgan fingerprint density at radius 3 is 2.66 bits per heavy atom. The van der Waals surface area contributed by atoms with Crippen molar-refractivity contribution in [3.63, 3.8) is 0 Å². The minimum atomic E-state index is -0.524. The number of thiophene rings is 1. The first-order chi connectivity index (χ1) is 18.4. The molecular formula is C27H24ClFN4O3S2. The highest BCUT2D eigenvalue weighted by atomic mass is 35.5. The molecule has 196 valence electrons. The molecule has 3 heterocycles. The lowest BCUT2D eigenvalue weighted by molar-refractivity contribution is -0.119. The summed E-state index contributed by atoms with van der Waals surface area (Å²) in [6.45, 7) is 3.93. The van der Waals surface area contributed by atoms with Gasteiger partial charge in [0.15, 0.2) is 0 Å². The predicted molar refractivity (Wildman–Crippen MR) is 147 cm³/mol. The number of hydrogen-bond donors (Lipinski definition) is 1. The highest BCUT2D eigenvalue weighted by Gasteiger charge is 2.30. The number of nitrogens with zero attached hydrogens (tertiary/aromatic N) is 3. The Balaban J connectivity index is 1.42. The molecule has 7 nitrogen and oxygen atoms in total. The third kappa shape index (κ3) is 5.78. The molecule has 38 heavy (non-hydrogen) atoms. The minimum absolute atomic E-state index is 0.113. The molecule has 2 amide bonds. The van der Waals surface area contributed by atoms with Crippen LogP contribution in [0.15, 0.2) is 60.1 Å². The van der Waals surface area contributed by atoms with Gasteiger partial charge in [-0.15, -0.1) is 21.5 Å². The van der Waals surface area contributed by atoms with Gasteiger partial charge in [-0.3, -0.25) is 9.59 Å². The molecule has 0 unspecified atom stereocenters. The van der Waals surface area contributed by atoms with Gasteiger partial charge >= 0.3 is 0 Å². The summed E-state index contributed by atoms with van der Waals surface area (Å²) in [4.78, 5) is 29.6. The van der Waals surface area contributed by atoms with Crippen molar-refractivity contribution in [2.45, 2.75) is 12.8 Å². The summed E-state index contributed by atoms with van der Waals surface area (Å²) in [5, 5.41) is 11.2. The Hall–Kier alpha value is -3.18. The van der Waals surface area contributed by atoms with Gasteiger partial charge in [-0.25, -0.2) is 4.39 Å². The van der Waals surface area contributed by atoms with Gasteiger partial charge < -0.3 is 15.0 Å². The van der Waals surface area contributed by atoms with Gasteiger partial charge in [0.1, 0.15) is 11.3 Å². The van der Waals surface area contributed by atoms with Crippen LogP contribution in [0.2, 0.25) is 5.02 Å². The molecule has 2 atom stereocenters. The topological polar surface area (TPSA) is 84.4 Å². The number of ether oxygens (including phenoxy) is 1. The number of carbonyl (C=O) groups is 2. The maximum atomic E-state index is 14.2. The molecule has 0 bridgehead atoms. The quantitative estimate of drug-likeness (QED) is 0.297. The maximum absolute atomic E-state index is 14.2. The number of aromatic nitrogens is 2. The van der Waals surface area contributed by atoms with E-state index in [1.54, 1.807) is 28.6 Å². The van der Waals surface area contributed by atoms with E-state index in [2.05, 4.69) is 15.5 Å². The van der Waals surface area contributed by atoms with E-state index in [4.69, 9.17) is 16.3 Å². The molecule has 1 aliphatic heterocycles. The largest absolute Gasteiger partial charge is 0.378 e. The zero-order valence-electron chi connectivity index (χ0n) is 20.4. The molecule has 1 fully saturated rings. The number of carbonyl (C=O) groups excluding carboxylic acids is 2. The summed E-state index contributed by atoms with van der Waals surface area (Å²) in [5.41, 5.74) is 3.55. The van der Waals surface area contributed by atoms with Crippen molar-refractivity contribution in [1.29, 1.82) is 0 Å². The van der Waals surface area contributed by atoms with E-state index < -0.39 is 11.8 Å². The van der Waals surface area contributed by atoms with Crippen molar-refractivity contribution in [3.05, 3.63) is 87.0 Å². The fourth-order valence-electron chi connectivity index (χ4n) is 4.45. The van der Waals surface area contributed by atoms with Crippen LogP contribution in [-0.4, -0.2) is 53.2 Å². The first-order valence-electron chi connectivity index (χ1n) is 12.0. The molecule has 4 aromatic rings. The zero-order chi connectivity index (χ0) is 26.6. The van der Waals surface area contributed by atoms with Gasteiger partial charge in [0.2, 0.25) is 11.0 Å². The summed E-state index contributed by atoms with van der Waals surface area (Å²) >= 11 is 9.29. The smallest absolute Gasteiger partial charge is 0.255 e. The molecule has 5 rings (SSSR count). The summed E-state index contributed by atoms with van der Waals surface area (Å²) in [5.74, 6) is -1.63. The number of benzene rings is 2. The number of nitrogens with one attached hydrogen (secondary N) is 1. The Labute approximate surface area is 232 Å². The molecule has 1 saturated heterocycles. The van der Waals surface area contributed by atoms with Crippen molar-refractivity contribution < 1.29 is 18.7 Å². The van der Waals surface area contributed by atoms with Gasteiger partial charge in [-0.2, -0.15) is 0 Å². The molecule has 0 saturated carbocycles. The van der Waals surface area contributed by atoms with E-state index in [0.29, 0.717) is 47.6 Å². The average Bonchev–Trinajstić information content (AvgIpc) is 3.62. The van der Waals surface area contributed by atoms with Gasteiger partial charge in [0, 0.05) is 34.7 Å². The highest BCUT2D eigenvalue weighted by molar-refractivity contribution is 7.15. The SMILES string of the molecule is C[C@H](C(=O)Nc1nncs1)[C@@H](c1cccc(F)c1)c1ccc(-c2ccc(C(=O)N3CCOCC3)c(Cl)c2)s1. The lowest BCUT2D eigenvalue weighted by Gasteiger charge is -2.27. The monoisotopic (exact) mass is 570 g/mol. The fourth-order valence-corrected chi connectivity index (χ4v) is 6.40. The Kier molecular flexibility index (Phi) is 8.13. The summed E-state index contributed by atoms with van der Waals surface area (Å²) in [6, 6.07) is 15.6. The van der Waals surface area contributed by atoms with Gasteiger partial charge in [0.05, 0.1) is 23.8 Å². The summed E-state index contributed by atoms with van der Waals surface area (Å²) in [7, 11) is 0. The normalized spacial score (nSPS) is 15.2. The van der Waals surface area contributed by atoms with Crippen molar-refractivity contribution in [2.75, 3.05) is 31.6 Å². The molecule has 0 radical (unpaired) electrons. The van der Waals surface area contributed by atoms with Crippen molar-refractivity contribution >= 4 is 51.2 Å². The number of hydrogen-bond acceptors (Lipinski definition) is 7. The standard InChI is InChI=1S/C27H24ClFN4O3S2/c1-16(25(34)31-27-32-30-15-37-27)24(18-3-2-4-19(29)13-18)23-8-7-22(38-23)17-5-6-20(21(28)14-17)26(35)33-9-11-36-12-10-33/h2-8,13-16,24H,9-12H2,1H3,(H,31,32,34)/t16-,24-/m0/s1. The van der Waals surface area contributed by atoms with Crippen LogP contribution >= 0.6 is 34.3 Å². The second kappa shape index (κ2) is 11.7. The molecular weight excluding hydrogens is 547 g/mol. The zero-order valence-corrected chi connectivity index (χ0v) is 22.8. The summed E-state index contributed by atoms with van der Waals surface area (Å²) in [6.07, 6.45) is 0. The van der Waals surface area contributed by atoms with Crippen LogP contribution in [0.1, 0.15) is 33.6 Å². The Bertz CT molecular complexity index is 1440. The van der Waals surface area contributed by atoms with Crippen molar-refractivity contribution in [1.82, 2.24) is 15.1 Å². The first-order valence-corrected chi connectivity index (χ1v) is 14.1. The van der Waals surface area contributed by atoms with Crippen LogP contribution in [0, 0.1) is 11.7 Å². The molecule has 1 aliphatic rings. The van der Waals surface area contributed by atoms with Crippen LogP contribution in [0.4, 0.5) is 9.52 Å². The molecule has 2 aromatic heterocycles. The van der Waals surface area contributed by atoms with E-state index in [9.17, 15) is 14.0 Å². The van der Waals surface area contributed by atoms with Crippen LogP contribution < -0.4 is 5.32 Å². The van der Waals surface area contributed by atoms with E-state index >= 15 is 0 Å². The number of rotatable bonds is 7. The summed E-state index contributed by atoms with van der Waals surface area (Å²) < 4.78 is 19.5. The van der Waals surface area contributed by atoms with Gasteiger partial charge in [-0.05, 0) is 47.5 Å².